The number of aliphatic hydroxyl groups is 24. The van der Waals surface area contributed by atoms with Crippen molar-refractivity contribution in [1.82, 2.24) is 0 Å². The number of hydrogen-bond donors (Lipinski definition) is 24. The van der Waals surface area contributed by atoms with Gasteiger partial charge in [0.25, 0.3) is 0 Å². The average Bonchev–Trinajstić information content (AvgIpc) is 3.35. The molecule has 68 heavy (non-hydrogen) atoms. The van der Waals surface area contributed by atoms with Crippen molar-refractivity contribution in [3.63, 3.8) is 0 Å². The maximum atomic E-state index is 9.56. The van der Waals surface area contributed by atoms with Gasteiger partial charge in [0.05, 0.1) is 79.3 Å². The summed E-state index contributed by atoms with van der Waals surface area (Å²) in [5.41, 5.74) is 0. The van der Waals surface area contributed by atoms with Crippen molar-refractivity contribution in [3.05, 3.63) is 0 Å². The molecule has 408 valence electrons. The Bertz CT molecular complexity index is 1160. The van der Waals surface area contributed by atoms with Gasteiger partial charge in [-0.2, -0.15) is 0 Å². The highest BCUT2D eigenvalue weighted by molar-refractivity contribution is 4.92. The lowest BCUT2D eigenvalue weighted by Gasteiger charge is -2.40. The predicted molar refractivity (Wildman–Crippen MR) is 211 cm³/mol. The second-order valence-electron chi connectivity index (χ2n) is 15.4. The normalized spacial score (nSPS) is 39.4. The molecule has 10 unspecified atom stereocenters. The molecule has 4 saturated heterocycles. The van der Waals surface area contributed by atoms with E-state index in [4.69, 9.17) is 99.2 Å². The van der Waals surface area contributed by atoms with Gasteiger partial charge in [-0.25, -0.2) is 0 Å². The molecule has 0 aliphatic carbocycles. The molecule has 32 nitrogen and oxygen atoms in total. The third kappa shape index (κ3) is 19.3. The van der Waals surface area contributed by atoms with Gasteiger partial charge in [-0.15, -0.1) is 0 Å². The zero-order valence-corrected chi connectivity index (χ0v) is 36.3. The lowest BCUT2D eigenvalue weighted by molar-refractivity contribution is -0.315. The minimum Gasteiger partial charge on any atom is -0.394 e. The van der Waals surface area contributed by atoms with E-state index in [1.807, 2.05) is 0 Å². The molecule has 32 heteroatoms. The highest BCUT2D eigenvalue weighted by Gasteiger charge is 2.47. The number of rotatable bonds is 20. The standard InChI is InChI=1S/4C9H18O8/c2*10-1-4(12)3-16-9-8(15)7(14)6(13)5(2-11)17-9;2*10-1-4(2-11)16-9-8(15)7(14)6(13)5(3-12)17-9/h4*4-15H,1-3H2/t2*4?,5?,6-,7+,8?,9-;2*5?,6-,7+,8?,9-/m1111/s1. The first-order valence-corrected chi connectivity index (χ1v) is 20.9. The van der Waals surface area contributed by atoms with Crippen LogP contribution in [0.2, 0.25) is 0 Å². The Kier molecular flexibility index (Phi) is 31.8. The summed E-state index contributed by atoms with van der Waals surface area (Å²) in [4.78, 5) is 0. The van der Waals surface area contributed by atoms with Crippen LogP contribution in [-0.2, 0) is 37.9 Å². The quantitative estimate of drug-likeness (QED) is 0.0538. The first kappa shape index (κ1) is 64.7. The van der Waals surface area contributed by atoms with Crippen LogP contribution < -0.4 is 0 Å². The molecule has 0 bridgehead atoms. The van der Waals surface area contributed by atoms with Crippen LogP contribution in [0.1, 0.15) is 0 Å². The summed E-state index contributed by atoms with van der Waals surface area (Å²) in [6, 6.07) is 0. The van der Waals surface area contributed by atoms with Crippen molar-refractivity contribution in [2.24, 2.45) is 0 Å². The van der Waals surface area contributed by atoms with Gasteiger partial charge in [0.15, 0.2) is 25.2 Å². The molecule has 0 spiro atoms. The maximum Gasteiger partial charge on any atom is 0.187 e. The van der Waals surface area contributed by atoms with Crippen LogP contribution in [0.25, 0.3) is 0 Å². The van der Waals surface area contributed by atoms with E-state index in [-0.39, 0.29) is 13.2 Å². The molecule has 0 amide bonds. The molecule has 0 aromatic rings. The van der Waals surface area contributed by atoms with Crippen LogP contribution in [0.5, 0.6) is 0 Å². The van der Waals surface area contributed by atoms with Crippen molar-refractivity contribution in [2.75, 3.05) is 79.3 Å². The Labute approximate surface area is 386 Å². The molecule has 22 atom stereocenters. The minimum absolute atomic E-state index is 0.306. The second kappa shape index (κ2) is 33.4. The van der Waals surface area contributed by atoms with E-state index in [9.17, 15) is 61.3 Å². The smallest absolute Gasteiger partial charge is 0.187 e. The summed E-state index contributed by atoms with van der Waals surface area (Å²) >= 11 is 0. The van der Waals surface area contributed by atoms with E-state index in [1.54, 1.807) is 0 Å². The van der Waals surface area contributed by atoms with Gasteiger partial charge in [-0.05, 0) is 0 Å². The second-order valence-corrected chi connectivity index (χ2v) is 15.4. The maximum absolute atomic E-state index is 9.56. The third-order valence-corrected chi connectivity index (χ3v) is 10.2. The Morgan fingerprint density at radius 3 is 0.721 bits per heavy atom. The summed E-state index contributed by atoms with van der Waals surface area (Å²) in [6.07, 6.45) is -31.7. The van der Waals surface area contributed by atoms with Crippen molar-refractivity contribution in [1.29, 1.82) is 0 Å². The number of ether oxygens (including phenoxy) is 8. The van der Waals surface area contributed by atoms with Crippen molar-refractivity contribution < 1.29 is 160 Å². The topological polar surface area (TPSA) is 559 Å². The number of hydrogen-bond acceptors (Lipinski definition) is 32. The van der Waals surface area contributed by atoms with Crippen LogP contribution in [0.4, 0.5) is 0 Å². The van der Waals surface area contributed by atoms with Crippen LogP contribution >= 0.6 is 0 Å². The van der Waals surface area contributed by atoms with Crippen LogP contribution in [0.3, 0.4) is 0 Å². The highest BCUT2D eigenvalue weighted by atomic mass is 16.7. The fourth-order valence-corrected chi connectivity index (χ4v) is 5.95. The lowest BCUT2D eigenvalue weighted by atomic mass is 9.99. The fourth-order valence-electron chi connectivity index (χ4n) is 5.95. The molecule has 0 radical (unpaired) electrons. The zero-order valence-electron chi connectivity index (χ0n) is 36.3. The molecular weight excluding hydrogens is 944 g/mol. The molecule has 4 aliphatic heterocycles. The highest BCUT2D eigenvalue weighted by Crippen LogP contribution is 2.26. The van der Waals surface area contributed by atoms with Crippen molar-refractivity contribution in [2.45, 2.75) is 147 Å². The lowest BCUT2D eigenvalue weighted by Crippen LogP contribution is -2.60. The summed E-state index contributed by atoms with van der Waals surface area (Å²) in [5, 5.41) is 220. The van der Waals surface area contributed by atoms with E-state index in [2.05, 4.69) is 0 Å². The first-order valence-electron chi connectivity index (χ1n) is 20.9. The molecule has 4 aliphatic rings. The molecule has 0 aromatic heterocycles. The van der Waals surface area contributed by atoms with Gasteiger partial charge in [0.2, 0.25) is 0 Å². The molecule has 4 fully saturated rings. The van der Waals surface area contributed by atoms with Gasteiger partial charge in [-0.1, -0.05) is 0 Å². The van der Waals surface area contributed by atoms with Crippen LogP contribution in [-0.4, -0.2) is 349 Å². The Hall–Kier alpha value is -1.28. The van der Waals surface area contributed by atoms with E-state index < -0.39 is 213 Å². The van der Waals surface area contributed by atoms with E-state index in [0.29, 0.717) is 0 Å². The zero-order chi connectivity index (χ0) is 52.0. The Balaban J connectivity index is 0.000000453. The first-order chi connectivity index (χ1) is 32.1. The Morgan fingerprint density at radius 2 is 0.515 bits per heavy atom. The molecule has 0 saturated carbocycles. The van der Waals surface area contributed by atoms with Gasteiger partial charge >= 0.3 is 0 Å². The van der Waals surface area contributed by atoms with E-state index in [1.165, 1.54) is 0 Å². The summed E-state index contributed by atoms with van der Waals surface area (Å²) < 4.78 is 39.9. The van der Waals surface area contributed by atoms with Crippen molar-refractivity contribution >= 4 is 0 Å². The minimum atomic E-state index is -1.54. The SMILES string of the molecule is OCC(CO)O[C@@H]1OC(CO)[C@@H](O)[C@H](O)C1O.OCC(CO)O[C@@H]1OC(CO)[C@@H](O)[C@H](O)C1O.OCC(O)CO[C@@H]1OC(CO)[C@@H](O)[C@H](O)C1O.OCC(O)CO[C@@H]1OC(CO)[C@@H](O)[C@H](O)C1O. The van der Waals surface area contributed by atoms with Gasteiger partial charge < -0.3 is 160 Å². The van der Waals surface area contributed by atoms with Crippen LogP contribution in [0, 0.1) is 0 Å². The summed E-state index contributed by atoms with van der Waals surface area (Å²) in [7, 11) is 0. The molecule has 4 heterocycles. The van der Waals surface area contributed by atoms with E-state index in [0.717, 1.165) is 0 Å². The van der Waals surface area contributed by atoms with E-state index >= 15 is 0 Å². The monoisotopic (exact) mass is 1020 g/mol. The fraction of sp³-hybridized carbons (Fsp3) is 1.00. The number of aliphatic hydroxyl groups excluding tert-OH is 24. The van der Waals surface area contributed by atoms with Gasteiger partial charge in [0, 0.05) is 0 Å². The molecule has 0 aromatic carbocycles. The summed E-state index contributed by atoms with van der Waals surface area (Å²) in [6.45, 7) is -5.84. The van der Waals surface area contributed by atoms with Crippen molar-refractivity contribution in [3.8, 4) is 0 Å². The largest absolute Gasteiger partial charge is 0.394 e. The molecule has 4 rings (SSSR count). The predicted octanol–water partition coefficient (Wildman–Crippen LogP) is -15.4. The molecular formula is C36H72O32. The van der Waals surface area contributed by atoms with Gasteiger partial charge in [0.1, 0.15) is 122 Å². The Morgan fingerprint density at radius 1 is 0.294 bits per heavy atom. The van der Waals surface area contributed by atoms with Gasteiger partial charge in [-0.3, -0.25) is 0 Å². The molecule has 24 N–H and O–H groups in total. The third-order valence-electron chi connectivity index (χ3n) is 10.2. The average molecular weight is 1020 g/mol. The summed E-state index contributed by atoms with van der Waals surface area (Å²) in [5.74, 6) is 0. The van der Waals surface area contributed by atoms with Crippen LogP contribution in [0.15, 0.2) is 0 Å².